The second-order valence-electron chi connectivity index (χ2n) is 3.23. The molecule has 1 fully saturated rings. The van der Waals surface area contributed by atoms with Crippen LogP contribution in [0.3, 0.4) is 0 Å². The predicted molar refractivity (Wildman–Crippen MR) is 60.5 cm³/mol. The second kappa shape index (κ2) is 4.39. The lowest BCUT2D eigenvalue weighted by atomic mass is 10.2. The van der Waals surface area contributed by atoms with Gasteiger partial charge in [0.05, 0.1) is 15.7 Å². The largest absolute Gasteiger partial charge is 0.366 e. The highest BCUT2D eigenvalue weighted by molar-refractivity contribution is 6.39. The van der Waals surface area contributed by atoms with Gasteiger partial charge in [0.15, 0.2) is 0 Å². The van der Waals surface area contributed by atoms with E-state index in [1.165, 1.54) is 0 Å². The Balaban J connectivity index is 2.29. The lowest BCUT2D eigenvalue weighted by Gasteiger charge is -2.30. The van der Waals surface area contributed by atoms with Gasteiger partial charge in [0.25, 0.3) is 0 Å². The molecular weight excluding hydrogens is 219 g/mol. The number of rotatable bonds is 1. The molecule has 0 aromatic heterocycles. The normalized spacial score (nSPS) is 17.1. The lowest BCUT2D eigenvalue weighted by Crippen LogP contribution is -2.40. The Morgan fingerprint density at radius 1 is 1.07 bits per heavy atom. The highest BCUT2D eigenvalue weighted by Crippen LogP contribution is 2.33. The summed E-state index contributed by atoms with van der Waals surface area (Å²) in [4.78, 5) is 2.19. The molecule has 0 bridgehead atoms. The minimum atomic E-state index is 0.722. The molecule has 1 saturated heterocycles. The first-order chi connectivity index (χ1) is 6.79. The van der Waals surface area contributed by atoms with Crippen molar-refractivity contribution in [3.63, 3.8) is 0 Å². The predicted octanol–water partition coefficient (Wildman–Crippen LogP) is 2.42. The molecule has 0 N–H and O–H groups in total. The standard InChI is InChI=1S/C10H11Cl2N2/c11-8-2-1-3-9(12)10(8)14-6-4-13-5-7-14/h1-3H,4-7H2. The van der Waals surface area contributed by atoms with Crippen LogP contribution in [0.1, 0.15) is 0 Å². The lowest BCUT2D eigenvalue weighted by molar-refractivity contribution is 0.579. The van der Waals surface area contributed by atoms with Crippen LogP contribution in [0.5, 0.6) is 0 Å². The van der Waals surface area contributed by atoms with Crippen molar-refractivity contribution in [2.24, 2.45) is 0 Å². The van der Waals surface area contributed by atoms with Gasteiger partial charge in [-0.3, -0.25) is 0 Å². The average Bonchev–Trinajstić information content (AvgIpc) is 2.19. The molecule has 1 heterocycles. The molecular formula is C10H11Cl2N2. The van der Waals surface area contributed by atoms with Crippen LogP contribution in [0.2, 0.25) is 10.0 Å². The molecule has 4 heteroatoms. The average molecular weight is 230 g/mol. The van der Waals surface area contributed by atoms with Gasteiger partial charge < -0.3 is 4.90 Å². The first-order valence-corrected chi connectivity index (χ1v) is 5.37. The van der Waals surface area contributed by atoms with Gasteiger partial charge in [0.1, 0.15) is 0 Å². The molecule has 2 rings (SSSR count). The zero-order valence-corrected chi connectivity index (χ0v) is 9.22. The Bertz CT molecular complexity index is 302. The van der Waals surface area contributed by atoms with Crippen LogP contribution in [0.15, 0.2) is 18.2 Å². The van der Waals surface area contributed by atoms with Crippen LogP contribution in [0, 0.1) is 0 Å². The second-order valence-corrected chi connectivity index (χ2v) is 4.04. The molecule has 0 unspecified atom stereocenters. The summed E-state index contributed by atoms with van der Waals surface area (Å²) in [6.07, 6.45) is 0. The number of nitrogens with zero attached hydrogens (tertiary/aromatic N) is 2. The van der Waals surface area contributed by atoms with Gasteiger partial charge in [-0.15, -0.1) is 0 Å². The minimum Gasteiger partial charge on any atom is -0.366 e. The molecule has 0 amide bonds. The molecule has 1 aliphatic rings. The van der Waals surface area contributed by atoms with Gasteiger partial charge in [-0.05, 0) is 12.1 Å². The van der Waals surface area contributed by atoms with Crippen molar-refractivity contribution >= 4 is 28.9 Å². The summed E-state index contributed by atoms with van der Waals surface area (Å²) in [5, 5.41) is 5.73. The van der Waals surface area contributed by atoms with E-state index in [1.54, 1.807) is 0 Å². The molecule has 1 aliphatic heterocycles. The van der Waals surface area contributed by atoms with E-state index >= 15 is 0 Å². The van der Waals surface area contributed by atoms with Gasteiger partial charge in [-0.2, -0.15) is 0 Å². The molecule has 0 aliphatic carbocycles. The third kappa shape index (κ3) is 1.97. The van der Waals surface area contributed by atoms with Crippen molar-refractivity contribution in [1.82, 2.24) is 5.32 Å². The van der Waals surface area contributed by atoms with Crippen molar-refractivity contribution < 1.29 is 0 Å². The summed E-state index contributed by atoms with van der Waals surface area (Å²) in [5.74, 6) is 0. The maximum absolute atomic E-state index is 6.11. The van der Waals surface area contributed by atoms with Gasteiger partial charge >= 0.3 is 0 Å². The van der Waals surface area contributed by atoms with Crippen molar-refractivity contribution in [2.75, 3.05) is 31.1 Å². The van der Waals surface area contributed by atoms with E-state index < -0.39 is 0 Å². The van der Waals surface area contributed by atoms with Crippen LogP contribution in [0.4, 0.5) is 5.69 Å². The fourth-order valence-corrected chi connectivity index (χ4v) is 2.26. The van der Waals surface area contributed by atoms with Crippen molar-refractivity contribution in [3.05, 3.63) is 28.2 Å². The number of piperazine rings is 1. The Hall–Kier alpha value is -0.440. The van der Waals surface area contributed by atoms with Gasteiger partial charge in [0, 0.05) is 26.2 Å². The quantitative estimate of drug-likeness (QED) is 0.724. The summed E-state index contributed by atoms with van der Waals surface area (Å²) in [5.41, 5.74) is 0.950. The summed E-state index contributed by atoms with van der Waals surface area (Å²) < 4.78 is 0. The van der Waals surface area contributed by atoms with E-state index in [-0.39, 0.29) is 0 Å². The van der Waals surface area contributed by atoms with Crippen molar-refractivity contribution in [1.29, 1.82) is 0 Å². The fourth-order valence-electron chi connectivity index (χ4n) is 1.62. The molecule has 0 spiro atoms. The molecule has 14 heavy (non-hydrogen) atoms. The topological polar surface area (TPSA) is 17.3 Å². The maximum Gasteiger partial charge on any atom is 0.0745 e. The Morgan fingerprint density at radius 3 is 2.21 bits per heavy atom. The van der Waals surface area contributed by atoms with E-state index in [9.17, 15) is 0 Å². The fraction of sp³-hybridized carbons (Fsp3) is 0.400. The highest BCUT2D eigenvalue weighted by atomic mass is 35.5. The van der Waals surface area contributed by atoms with Crippen molar-refractivity contribution in [3.8, 4) is 0 Å². The van der Waals surface area contributed by atoms with Crippen LogP contribution in [-0.2, 0) is 0 Å². The molecule has 1 aromatic carbocycles. The maximum atomic E-state index is 6.11. The summed E-state index contributed by atoms with van der Waals surface area (Å²) >= 11 is 12.2. The zero-order chi connectivity index (χ0) is 9.97. The Labute approximate surface area is 93.8 Å². The smallest absolute Gasteiger partial charge is 0.0745 e. The number of benzene rings is 1. The summed E-state index contributed by atoms with van der Waals surface area (Å²) in [7, 11) is 0. The first kappa shape index (κ1) is 10.1. The van der Waals surface area contributed by atoms with Gasteiger partial charge in [-0.1, -0.05) is 29.3 Å². The van der Waals surface area contributed by atoms with Crippen LogP contribution >= 0.6 is 23.2 Å². The van der Waals surface area contributed by atoms with Gasteiger partial charge in [0.2, 0.25) is 0 Å². The molecule has 2 nitrogen and oxygen atoms in total. The third-order valence-electron chi connectivity index (χ3n) is 2.31. The molecule has 75 valence electrons. The number of hydrogen-bond acceptors (Lipinski definition) is 1. The molecule has 0 atom stereocenters. The number of halogens is 2. The van der Waals surface area contributed by atoms with E-state index in [1.807, 2.05) is 18.2 Å². The number of para-hydroxylation sites is 1. The summed E-state index contributed by atoms with van der Waals surface area (Å²) in [6, 6.07) is 5.60. The van der Waals surface area contributed by atoms with Crippen LogP contribution < -0.4 is 10.2 Å². The monoisotopic (exact) mass is 229 g/mol. The minimum absolute atomic E-state index is 0.722. The van der Waals surface area contributed by atoms with E-state index in [4.69, 9.17) is 23.2 Å². The first-order valence-electron chi connectivity index (χ1n) is 4.61. The van der Waals surface area contributed by atoms with Gasteiger partial charge in [-0.25, -0.2) is 5.32 Å². The Morgan fingerprint density at radius 2 is 1.64 bits per heavy atom. The van der Waals surface area contributed by atoms with E-state index in [0.717, 1.165) is 41.9 Å². The SMILES string of the molecule is Clc1cccc(Cl)c1N1CC[N]CC1. The number of anilines is 1. The third-order valence-corrected chi connectivity index (χ3v) is 2.92. The van der Waals surface area contributed by atoms with Crippen molar-refractivity contribution in [2.45, 2.75) is 0 Å². The molecule has 1 aromatic rings. The van der Waals surface area contributed by atoms with Crippen LogP contribution in [-0.4, -0.2) is 26.2 Å². The van der Waals surface area contributed by atoms with E-state index in [2.05, 4.69) is 10.2 Å². The molecule has 0 saturated carbocycles. The van der Waals surface area contributed by atoms with E-state index in [0.29, 0.717) is 0 Å². The molecule has 1 radical (unpaired) electrons. The zero-order valence-electron chi connectivity index (χ0n) is 7.71. The Kier molecular flexibility index (Phi) is 3.16. The van der Waals surface area contributed by atoms with Crippen LogP contribution in [0.25, 0.3) is 0 Å². The summed E-state index contributed by atoms with van der Waals surface area (Å²) in [6.45, 7) is 3.54. The number of hydrogen-bond donors (Lipinski definition) is 0. The highest BCUT2D eigenvalue weighted by Gasteiger charge is 2.16.